The zero-order valence-electron chi connectivity index (χ0n) is 15.3. The number of alkyl carbamates (subject to hydrolysis) is 1. The number of carbonyl (C=O) groups is 2. The standard InChI is InChI=1S/C18H23FN4O3/c1-18(2,3)26-17(25)21-9-8-20-16(24)15-14(11-23(4)22-15)12-6-5-7-13(19)10-12/h5-7,10-11H,8-9H2,1-4H3,(H,20,24)(H,21,25). The van der Waals surface area contributed by atoms with E-state index in [4.69, 9.17) is 4.74 Å². The summed E-state index contributed by atoms with van der Waals surface area (Å²) in [5.74, 6) is -0.796. The molecule has 0 unspecified atom stereocenters. The van der Waals surface area contributed by atoms with Crippen LogP contribution in [0.4, 0.5) is 9.18 Å². The zero-order chi connectivity index (χ0) is 19.3. The minimum atomic E-state index is -0.582. The van der Waals surface area contributed by atoms with Gasteiger partial charge in [0.05, 0.1) is 0 Å². The molecule has 26 heavy (non-hydrogen) atoms. The summed E-state index contributed by atoms with van der Waals surface area (Å²) in [6.45, 7) is 5.72. The van der Waals surface area contributed by atoms with Crippen molar-refractivity contribution >= 4 is 12.0 Å². The molecular weight excluding hydrogens is 339 g/mol. The first-order chi connectivity index (χ1) is 12.2. The maximum atomic E-state index is 13.5. The molecule has 2 N–H and O–H groups in total. The maximum Gasteiger partial charge on any atom is 0.407 e. The summed E-state index contributed by atoms with van der Waals surface area (Å²) in [5.41, 5.74) is 0.705. The molecule has 2 aromatic rings. The van der Waals surface area contributed by atoms with Gasteiger partial charge in [-0.15, -0.1) is 0 Å². The molecule has 0 aliphatic rings. The van der Waals surface area contributed by atoms with Gasteiger partial charge in [0.1, 0.15) is 11.4 Å². The van der Waals surface area contributed by atoms with E-state index in [1.165, 1.54) is 16.8 Å². The van der Waals surface area contributed by atoms with E-state index in [1.54, 1.807) is 46.1 Å². The summed E-state index contributed by atoms with van der Waals surface area (Å²) in [6.07, 6.45) is 1.10. The summed E-state index contributed by atoms with van der Waals surface area (Å²) >= 11 is 0. The van der Waals surface area contributed by atoms with E-state index in [2.05, 4.69) is 15.7 Å². The van der Waals surface area contributed by atoms with Gasteiger partial charge < -0.3 is 15.4 Å². The molecule has 8 heteroatoms. The molecule has 140 valence electrons. The van der Waals surface area contributed by atoms with Crippen LogP contribution in [-0.2, 0) is 11.8 Å². The van der Waals surface area contributed by atoms with Gasteiger partial charge in [0, 0.05) is 31.9 Å². The molecule has 0 radical (unpaired) electrons. The number of aromatic nitrogens is 2. The van der Waals surface area contributed by atoms with Crippen LogP contribution in [0.15, 0.2) is 30.5 Å². The first-order valence-electron chi connectivity index (χ1n) is 8.20. The van der Waals surface area contributed by atoms with Crippen molar-refractivity contribution < 1.29 is 18.7 Å². The molecule has 2 rings (SSSR count). The molecule has 1 heterocycles. The molecule has 0 saturated heterocycles. The Balaban J connectivity index is 1.95. The van der Waals surface area contributed by atoms with Crippen LogP contribution >= 0.6 is 0 Å². The van der Waals surface area contributed by atoms with Crippen LogP contribution in [0.1, 0.15) is 31.3 Å². The average Bonchev–Trinajstić information content (AvgIpc) is 2.92. The Labute approximate surface area is 151 Å². The van der Waals surface area contributed by atoms with Crippen molar-refractivity contribution in [2.75, 3.05) is 13.1 Å². The number of carbonyl (C=O) groups excluding carboxylic acids is 2. The fourth-order valence-electron chi connectivity index (χ4n) is 2.26. The molecule has 0 saturated carbocycles. The molecule has 0 fully saturated rings. The zero-order valence-corrected chi connectivity index (χ0v) is 15.3. The highest BCUT2D eigenvalue weighted by Crippen LogP contribution is 2.23. The van der Waals surface area contributed by atoms with Crippen molar-refractivity contribution in [3.8, 4) is 11.1 Å². The van der Waals surface area contributed by atoms with Crippen LogP contribution in [-0.4, -0.2) is 40.5 Å². The predicted octanol–water partition coefficient (Wildman–Crippen LogP) is 2.48. The van der Waals surface area contributed by atoms with Gasteiger partial charge in [-0.1, -0.05) is 12.1 Å². The number of benzene rings is 1. The van der Waals surface area contributed by atoms with E-state index in [9.17, 15) is 14.0 Å². The summed E-state index contributed by atoms with van der Waals surface area (Å²) in [6, 6.07) is 5.96. The lowest BCUT2D eigenvalue weighted by Gasteiger charge is -2.19. The van der Waals surface area contributed by atoms with Crippen molar-refractivity contribution in [3.63, 3.8) is 0 Å². The third-order valence-corrected chi connectivity index (χ3v) is 3.26. The molecule has 1 aromatic heterocycles. The van der Waals surface area contributed by atoms with E-state index in [0.717, 1.165) is 0 Å². The highest BCUT2D eigenvalue weighted by atomic mass is 19.1. The Morgan fingerprint density at radius 3 is 2.58 bits per heavy atom. The van der Waals surface area contributed by atoms with E-state index in [1.807, 2.05) is 0 Å². The lowest BCUT2D eigenvalue weighted by atomic mass is 10.1. The molecule has 0 spiro atoms. The van der Waals surface area contributed by atoms with Crippen LogP contribution in [0.3, 0.4) is 0 Å². The number of ether oxygens (including phenoxy) is 1. The van der Waals surface area contributed by atoms with Crippen LogP contribution < -0.4 is 10.6 Å². The number of amides is 2. The Bertz CT molecular complexity index is 796. The first kappa shape index (κ1) is 19.4. The molecule has 1 aromatic carbocycles. The van der Waals surface area contributed by atoms with Gasteiger partial charge in [-0.05, 0) is 38.5 Å². The molecule has 0 aliphatic heterocycles. The van der Waals surface area contributed by atoms with Gasteiger partial charge in [0.15, 0.2) is 5.69 Å². The quantitative estimate of drug-likeness (QED) is 0.800. The van der Waals surface area contributed by atoms with Crippen LogP contribution in [0.2, 0.25) is 0 Å². The van der Waals surface area contributed by atoms with Crippen LogP contribution in [0.25, 0.3) is 11.1 Å². The minimum Gasteiger partial charge on any atom is -0.444 e. The monoisotopic (exact) mass is 362 g/mol. The number of hydrogen-bond acceptors (Lipinski definition) is 4. The van der Waals surface area contributed by atoms with Crippen molar-refractivity contribution in [2.45, 2.75) is 26.4 Å². The summed E-state index contributed by atoms with van der Waals surface area (Å²) < 4.78 is 20.1. The SMILES string of the molecule is Cn1cc(-c2cccc(F)c2)c(C(=O)NCCNC(=O)OC(C)(C)C)n1. The lowest BCUT2D eigenvalue weighted by Crippen LogP contribution is -2.38. The van der Waals surface area contributed by atoms with E-state index < -0.39 is 17.6 Å². The topological polar surface area (TPSA) is 85.2 Å². The van der Waals surface area contributed by atoms with Gasteiger partial charge in [-0.3, -0.25) is 9.48 Å². The van der Waals surface area contributed by atoms with Crippen LogP contribution in [0.5, 0.6) is 0 Å². The Morgan fingerprint density at radius 1 is 1.23 bits per heavy atom. The Kier molecular flexibility index (Phi) is 5.97. The Morgan fingerprint density at radius 2 is 1.92 bits per heavy atom. The Hall–Kier alpha value is -2.90. The molecular formula is C18H23FN4O3. The third kappa shape index (κ3) is 5.58. The fourth-order valence-corrected chi connectivity index (χ4v) is 2.26. The van der Waals surface area contributed by atoms with Gasteiger partial charge >= 0.3 is 6.09 Å². The lowest BCUT2D eigenvalue weighted by molar-refractivity contribution is 0.0526. The van der Waals surface area contributed by atoms with E-state index >= 15 is 0 Å². The van der Waals surface area contributed by atoms with E-state index in [-0.39, 0.29) is 24.6 Å². The van der Waals surface area contributed by atoms with Crippen molar-refractivity contribution in [1.29, 1.82) is 0 Å². The molecule has 0 bridgehead atoms. The fraction of sp³-hybridized carbons (Fsp3) is 0.389. The van der Waals surface area contributed by atoms with Crippen molar-refractivity contribution in [2.24, 2.45) is 7.05 Å². The minimum absolute atomic E-state index is 0.190. The maximum absolute atomic E-state index is 13.5. The summed E-state index contributed by atoms with van der Waals surface area (Å²) in [4.78, 5) is 23.9. The third-order valence-electron chi connectivity index (χ3n) is 3.26. The van der Waals surface area contributed by atoms with Crippen molar-refractivity contribution in [1.82, 2.24) is 20.4 Å². The van der Waals surface area contributed by atoms with Crippen molar-refractivity contribution in [3.05, 3.63) is 42.0 Å². The molecule has 0 aliphatic carbocycles. The van der Waals surface area contributed by atoms with Crippen LogP contribution in [0, 0.1) is 5.82 Å². The number of hydrogen-bond donors (Lipinski definition) is 2. The number of halogens is 1. The van der Waals surface area contributed by atoms with Gasteiger partial charge in [0.2, 0.25) is 0 Å². The number of aryl methyl sites for hydroxylation is 1. The largest absolute Gasteiger partial charge is 0.444 e. The van der Waals surface area contributed by atoms with Gasteiger partial charge in [-0.25, -0.2) is 9.18 Å². The number of nitrogens with zero attached hydrogens (tertiary/aromatic N) is 2. The van der Waals surface area contributed by atoms with Gasteiger partial charge in [-0.2, -0.15) is 5.10 Å². The van der Waals surface area contributed by atoms with E-state index in [0.29, 0.717) is 11.1 Å². The highest BCUT2D eigenvalue weighted by molar-refractivity contribution is 5.98. The second-order valence-corrected chi connectivity index (χ2v) is 6.76. The average molecular weight is 362 g/mol. The predicted molar refractivity (Wildman–Crippen MR) is 95.2 cm³/mol. The second-order valence-electron chi connectivity index (χ2n) is 6.76. The normalized spacial score (nSPS) is 11.1. The smallest absolute Gasteiger partial charge is 0.407 e. The number of nitrogens with one attached hydrogen (secondary N) is 2. The second kappa shape index (κ2) is 7.99. The summed E-state index contributed by atoms with van der Waals surface area (Å²) in [5, 5.41) is 9.38. The molecule has 0 atom stereocenters. The number of rotatable bonds is 5. The molecule has 2 amide bonds. The van der Waals surface area contributed by atoms with Gasteiger partial charge in [0.25, 0.3) is 5.91 Å². The summed E-state index contributed by atoms with van der Waals surface area (Å²) in [7, 11) is 1.68. The molecule has 7 nitrogen and oxygen atoms in total. The first-order valence-corrected chi connectivity index (χ1v) is 8.20. The highest BCUT2D eigenvalue weighted by Gasteiger charge is 2.18.